The molecule has 1 N–H and O–H groups in total. The Labute approximate surface area is 187 Å². The first-order chi connectivity index (χ1) is 15.2. The normalized spacial score (nSPS) is 11.6. The monoisotopic (exact) mass is 431 g/mol. The van der Waals surface area contributed by atoms with Gasteiger partial charge in [-0.3, -0.25) is 9.59 Å². The zero-order valence-electron chi connectivity index (χ0n) is 19.2. The first-order valence-electron chi connectivity index (χ1n) is 10.3. The van der Waals surface area contributed by atoms with Crippen LogP contribution < -0.4 is 16.4 Å². The minimum atomic E-state index is -0.250. The molecule has 0 saturated heterocycles. The minimum absolute atomic E-state index is 0.187. The fraction of sp³-hybridized carbons (Fsp3) is 0.240. The van der Waals surface area contributed by atoms with Gasteiger partial charge in [-0.25, -0.2) is 0 Å². The van der Waals surface area contributed by atoms with Gasteiger partial charge >= 0.3 is 0 Å². The van der Waals surface area contributed by atoms with E-state index in [2.05, 4.69) is 17.0 Å². The third kappa shape index (κ3) is 4.95. The van der Waals surface area contributed by atoms with Crippen LogP contribution in [0, 0.1) is 0 Å². The van der Waals surface area contributed by atoms with E-state index < -0.39 is 0 Å². The Hall–Kier alpha value is -3.71. The lowest BCUT2D eigenvalue weighted by Gasteiger charge is -2.15. The van der Waals surface area contributed by atoms with Gasteiger partial charge in [-0.15, -0.1) is 5.10 Å². The first kappa shape index (κ1) is 23.0. The van der Waals surface area contributed by atoms with Crippen molar-refractivity contribution in [1.29, 1.82) is 0 Å². The molecule has 0 aliphatic rings. The average molecular weight is 432 g/mol. The predicted molar refractivity (Wildman–Crippen MR) is 132 cm³/mol. The molecule has 0 amide bonds. The quantitative estimate of drug-likeness (QED) is 0.575. The van der Waals surface area contributed by atoms with Crippen LogP contribution in [0.15, 0.2) is 76.5 Å². The molecule has 0 saturated carbocycles. The van der Waals surface area contributed by atoms with Crippen molar-refractivity contribution in [3.63, 3.8) is 0 Å². The van der Waals surface area contributed by atoms with E-state index in [1.807, 2.05) is 57.1 Å². The molecule has 0 bridgehead atoms. The number of nitrogens with one attached hydrogen (secondary N) is 1. The summed E-state index contributed by atoms with van der Waals surface area (Å²) in [5, 5.41) is 8.87. The number of hydrogen-bond acceptors (Lipinski definition) is 5. The minimum Gasteiger partial charge on any atom is -0.334 e. The molecule has 0 unspecified atom stereocenters. The third-order valence-corrected chi connectivity index (χ3v) is 4.88. The molecule has 3 rings (SSSR count). The summed E-state index contributed by atoms with van der Waals surface area (Å²) in [5.41, 5.74) is 2.57. The number of benzene rings is 1. The van der Waals surface area contributed by atoms with Crippen molar-refractivity contribution in [3.8, 4) is 0 Å². The Morgan fingerprint density at radius 2 is 1.88 bits per heavy atom. The van der Waals surface area contributed by atoms with Crippen LogP contribution in [0.4, 0.5) is 11.5 Å². The lowest BCUT2D eigenvalue weighted by Crippen LogP contribution is -2.25. The third-order valence-electron chi connectivity index (χ3n) is 4.88. The number of allylic oxidation sites excluding steroid dienone is 5. The number of aromatic nitrogens is 3. The van der Waals surface area contributed by atoms with Gasteiger partial charge in [0.2, 0.25) is 0 Å². The van der Waals surface area contributed by atoms with E-state index in [1.165, 1.54) is 9.25 Å². The maximum Gasteiger partial charge on any atom is 0.279 e. The van der Waals surface area contributed by atoms with E-state index >= 15 is 0 Å². The second-order valence-electron chi connectivity index (χ2n) is 8.19. The number of hydrogen-bond donors (Lipinski definition) is 1. The summed E-state index contributed by atoms with van der Waals surface area (Å²) < 4.78 is 2.81. The molecule has 166 valence electrons. The van der Waals surface area contributed by atoms with Crippen molar-refractivity contribution in [3.05, 3.63) is 93.2 Å². The lowest BCUT2D eigenvalue weighted by atomic mass is 10.1. The fourth-order valence-electron chi connectivity index (χ4n) is 3.32. The lowest BCUT2D eigenvalue weighted by molar-refractivity contribution is 0.403. The number of fused-ring (bicyclic) bond motifs is 1. The first-order valence-corrected chi connectivity index (χ1v) is 10.3. The Morgan fingerprint density at radius 1 is 1.12 bits per heavy atom. The molecule has 0 radical (unpaired) electrons. The molecule has 7 heteroatoms. The van der Waals surface area contributed by atoms with Crippen molar-refractivity contribution >= 4 is 28.0 Å². The molecule has 0 aliphatic heterocycles. The molecule has 7 nitrogen and oxygen atoms in total. The molecular formula is C25H29N5O2. The second-order valence-corrected chi connectivity index (χ2v) is 8.19. The highest BCUT2D eigenvalue weighted by Crippen LogP contribution is 2.23. The molecule has 3 aromatic rings. The molecular weight excluding hydrogens is 402 g/mol. The number of nitrogens with zero attached hydrogens (tertiary/aromatic N) is 4. The molecule has 0 atom stereocenters. The molecule has 2 heterocycles. The van der Waals surface area contributed by atoms with Crippen LogP contribution in [0.5, 0.6) is 0 Å². The van der Waals surface area contributed by atoms with Crippen molar-refractivity contribution in [1.82, 2.24) is 19.2 Å². The van der Waals surface area contributed by atoms with Crippen molar-refractivity contribution < 1.29 is 0 Å². The van der Waals surface area contributed by atoms with Gasteiger partial charge in [0, 0.05) is 25.2 Å². The second kappa shape index (κ2) is 9.62. The highest BCUT2D eigenvalue weighted by Gasteiger charge is 2.15. The van der Waals surface area contributed by atoms with Crippen LogP contribution in [-0.4, -0.2) is 33.3 Å². The van der Waals surface area contributed by atoms with Crippen LogP contribution in [0.1, 0.15) is 19.4 Å². The van der Waals surface area contributed by atoms with Gasteiger partial charge in [0.15, 0.2) is 5.82 Å². The molecule has 2 aromatic heterocycles. The number of aryl methyl sites for hydroxylation is 1. The van der Waals surface area contributed by atoms with E-state index in [9.17, 15) is 9.59 Å². The zero-order valence-corrected chi connectivity index (χ0v) is 19.2. The maximum atomic E-state index is 13.4. The topological polar surface area (TPSA) is 72.2 Å². The van der Waals surface area contributed by atoms with E-state index in [-0.39, 0.29) is 11.1 Å². The molecule has 32 heavy (non-hydrogen) atoms. The number of rotatable bonds is 7. The summed E-state index contributed by atoms with van der Waals surface area (Å²) in [7, 11) is 5.64. The molecule has 1 aromatic carbocycles. The Bertz CT molecular complexity index is 1340. The smallest absolute Gasteiger partial charge is 0.279 e. The summed E-state index contributed by atoms with van der Waals surface area (Å²) in [6.07, 6.45) is 6.98. The molecule has 0 fully saturated rings. The highest BCUT2D eigenvalue weighted by molar-refractivity contribution is 5.93. The summed E-state index contributed by atoms with van der Waals surface area (Å²) >= 11 is 0. The summed E-state index contributed by atoms with van der Waals surface area (Å²) in [6, 6.07) is 9.19. The van der Waals surface area contributed by atoms with E-state index in [0.29, 0.717) is 34.5 Å². The maximum absolute atomic E-state index is 13.4. The van der Waals surface area contributed by atoms with Gasteiger partial charge in [-0.1, -0.05) is 30.4 Å². The standard InChI is InChI=1S/C25H29N5O2/c1-7-19(12-10-17(2)3)30-24(31)21-15-18(16-28(4)5)11-13-20(21)23(27-30)26-22-9-8-14-29(6)25(22)32/h7-15H,1,16H2,2-6H3,(H,26,27)/b19-12+. The summed E-state index contributed by atoms with van der Waals surface area (Å²) in [5.74, 6) is 0.421. The molecule has 0 spiro atoms. The van der Waals surface area contributed by atoms with Crippen LogP contribution in [0.2, 0.25) is 0 Å². The molecule has 0 aliphatic carbocycles. The van der Waals surface area contributed by atoms with Crippen LogP contribution >= 0.6 is 0 Å². The van der Waals surface area contributed by atoms with E-state index in [4.69, 9.17) is 0 Å². The Balaban J connectivity index is 2.30. The summed E-state index contributed by atoms with van der Waals surface area (Å²) in [4.78, 5) is 28.0. The van der Waals surface area contributed by atoms with Crippen LogP contribution in [0.25, 0.3) is 16.5 Å². The van der Waals surface area contributed by atoms with Gasteiger partial charge in [-0.05, 0) is 63.9 Å². The van der Waals surface area contributed by atoms with Gasteiger partial charge in [0.05, 0.1) is 11.1 Å². The van der Waals surface area contributed by atoms with Crippen molar-refractivity contribution in [2.24, 2.45) is 7.05 Å². The Kier molecular flexibility index (Phi) is 6.90. The average Bonchev–Trinajstić information content (AvgIpc) is 2.74. The van der Waals surface area contributed by atoms with Crippen LogP contribution in [0.3, 0.4) is 0 Å². The number of anilines is 2. The van der Waals surface area contributed by atoms with Gasteiger partial charge < -0.3 is 14.8 Å². The van der Waals surface area contributed by atoms with Gasteiger partial charge in [0.25, 0.3) is 11.1 Å². The van der Waals surface area contributed by atoms with Gasteiger partial charge in [0.1, 0.15) is 5.69 Å². The van der Waals surface area contributed by atoms with Crippen molar-refractivity contribution in [2.45, 2.75) is 20.4 Å². The van der Waals surface area contributed by atoms with E-state index in [1.54, 1.807) is 37.5 Å². The predicted octanol–water partition coefficient (Wildman–Crippen LogP) is 3.89. The number of pyridine rings is 1. The van der Waals surface area contributed by atoms with Crippen LogP contribution in [-0.2, 0) is 13.6 Å². The SMILES string of the molecule is C=C/C(=C\C=C(C)C)n1nc(Nc2cccn(C)c2=O)c2ccc(CN(C)C)cc2c1=O. The van der Waals surface area contributed by atoms with Gasteiger partial charge in [-0.2, -0.15) is 4.68 Å². The largest absolute Gasteiger partial charge is 0.334 e. The Morgan fingerprint density at radius 3 is 2.53 bits per heavy atom. The zero-order chi connectivity index (χ0) is 23.4. The van der Waals surface area contributed by atoms with E-state index in [0.717, 1.165) is 11.1 Å². The van der Waals surface area contributed by atoms with Crippen molar-refractivity contribution in [2.75, 3.05) is 19.4 Å². The highest BCUT2D eigenvalue weighted by atomic mass is 16.1. The fourth-order valence-corrected chi connectivity index (χ4v) is 3.32. The summed E-state index contributed by atoms with van der Waals surface area (Å²) in [6.45, 7) is 8.49.